The lowest BCUT2D eigenvalue weighted by Crippen LogP contribution is -2.73. The van der Waals surface area contributed by atoms with Crippen LogP contribution in [-0.2, 0) is 4.74 Å². The van der Waals surface area contributed by atoms with Crippen molar-refractivity contribution >= 4 is 33.9 Å². The largest absolute Gasteiger partial charge is 0.474 e. The van der Waals surface area contributed by atoms with Gasteiger partial charge in [0.05, 0.1) is 47.9 Å². The molecule has 3 fully saturated rings. The normalized spacial score (nSPS) is 20.9. The molecule has 4 aromatic rings. The molecule has 12 heteroatoms. The molecule has 41 heavy (non-hydrogen) atoms. The zero-order chi connectivity index (χ0) is 27.9. The molecule has 0 amide bonds. The van der Waals surface area contributed by atoms with E-state index in [1.54, 1.807) is 24.7 Å². The van der Waals surface area contributed by atoms with Crippen molar-refractivity contribution in [1.82, 2.24) is 29.6 Å². The van der Waals surface area contributed by atoms with Gasteiger partial charge in [-0.15, -0.1) is 0 Å². The number of halogens is 1. The number of aromatic nitrogens is 5. The van der Waals surface area contributed by atoms with E-state index in [9.17, 15) is 0 Å². The van der Waals surface area contributed by atoms with Crippen LogP contribution in [0, 0.1) is 18.2 Å². The van der Waals surface area contributed by atoms with E-state index < -0.39 is 5.82 Å². The summed E-state index contributed by atoms with van der Waals surface area (Å²) in [5.74, 6) is 0.388. The van der Waals surface area contributed by atoms with Gasteiger partial charge in [0.1, 0.15) is 12.3 Å². The predicted molar refractivity (Wildman–Crippen MR) is 153 cm³/mol. The second-order valence-electron chi connectivity index (χ2n) is 12.3. The number of hydrogen-bond acceptors (Lipinski definition) is 10. The summed E-state index contributed by atoms with van der Waals surface area (Å²) < 4.78 is 28.6. The molecule has 1 aromatic carbocycles. The Kier molecular flexibility index (Phi) is 5.27. The summed E-state index contributed by atoms with van der Waals surface area (Å²) >= 11 is 0. The first-order valence-electron chi connectivity index (χ1n) is 14.1. The van der Waals surface area contributed by atoms with Gasteiger partial charge < -0.3 is 25.8 Å². The average molecular weight is 558 g/mol. The first kappa shape index (κ1) is 24.7. The van der Waals surface area contributed by atoms with Crippen LogP contribution in [0.4, 0.5) is 27.4 Å². The molecular formula is C29H32FN9O2. The Bertz CT molecular complexity index is 1690. The number of likely N-dealkylation sites (tertiary alicyclic amines) is 1. The highest BCUT2D eigenvalue weighted by atomic mass is 19.1. The standard InChI is InChI=1S/C29H32FN9O2/c1-16-20(9-33-26-25(16)32-3-4-41-26)19-5-22-21(24(31)23(19)30)10-34-27(37-22)36-17-8-35-39(11-17)18-6-29(7-18)12-38(13-29)28(2)14-40-15-28/h5,8-11,18,32H,3-4,6-7,12-15,31H2,1-2H3,(H,34,36,37). The van der Waals surface area contributed by atoms with Gasteiger partial charge in [-0.1, -0.05) is 0 Å². The topological polar surface area (TPSA) is 128 Å². The zero-order valence-electron chi connectivity index (χ0n) is 23.1. The molecule has 2 saturated heterocycles. The molecule has 1 aliphatic carbocycles. The van der Waals surface area contributed by atoms with Crippen LogP contribution < -0.4 is 21.1 Å². The van der Waals surface area contributed by atoms with Gasteiger partial charge in [0.25, 0.3) is 0 Å². The Morgan fingerprint density at radius 1 is 1.15 bits per heavy atom. The van der Waals surface area contributed by atoms with Crippen molar-refractivity contribution in [3.63, 3.8) is 0 Å². The molecule has 1 spiro atoms. The summed E-state index contributed by atoms with van der Waals surface area (Å²) in [5, 5.41) is 11.6. The fraction of sp³-hybridized carbons (Fsp3) is 0.448. The molecule has 11 nitrogen and oxygen atoms in total. The average Bonchev–Trinajstić information content (AvgIpc) is 3.36. The summed E-state index contributed by atoms with van der Waals surface area (Å²) in [5.41, 5.74) is 10.8. The molecule has 6 heterocycles. The van der Waals surface area contributed by atoms with Crippen LogP contribution in [0.5, 0.6) is 5.88 Å². The van der Waals surface area contributed by atoms with Crippen LogP contribution in [0.1, 0.15) is 31.4 Å². The van der Waals surface area contributed by atoms with Gasteiger partial charge in [0.15, 0.2) is 5.82 Å². The number of nitrogens with two attached hydrogens (primary N) is 1. The van der Waals surface area contributed by atoms with Crippen molar-refractivity contribution in [1.29, 1.82) is 0 Å². The third kappa shape index (κ3) is 3.84. The maximum Gasteiger partial charge on any atom is 0.237 e. The molecule has 4 aliphatic rings. The summed E-state index contributed by atoms with van der Waals surface area (Å²) in [4.78, 5) is 16.0. The molecule has 0 bridgehead atoms. The SMILES string of the molecule is Cc1c(-c2cc3nc(Nc4cnn(C5CC6(C5)CN(C5(C)COC5)C6)c4)ncc3c(N)c2F)cnc2c1NCCO2. The van der Waals surface area contributed by atoms with Gasteiger partial charge in [-0.3, -0.25) is 9.58 Å². The Balaban J connectivity index is 1.01. The van der Waals surface area contributed by atoms with Crippen LogP contribution in [-0.4, -0.2) is 74.6 Å². The van der Waals surface area contributed by atoms with Crippen molar-refractivity contribution in [3.8, 4) is 17.0 Å². The second kappa shape index (κ2) is 8.73. The summed E-state index contributed by atoms with van der Waals surface area (Å²) in [6, 6.07) is 2.10. The van der Waals surface area contributed by atoms with Gasteiger partial charge in [-0.2, -0.15) is 5.10 Å². The summed E-state index contributed by atoms with van der Waals surface area (Å²) in [6.07, 6.45) is 9.24. The number of nitrogens with zero attached hydrogens (tertiary/aromatic N) is 6. The van der Waals surface area contributed by atoms with Gasteiger partial charge in [-0.05, 0) is 43.7 Å². The van der Waals surface area contributed by atoms with Crippen molar-refractivity contribution in [3.05, 3.63) is 42.2 Å². The highest BCUT2D eigenvalue weighted by Gasteiger charge is 2.58. The van der Waals surface area contributed by atoms with E-state index in [0.29, 0.717) is 58.5 Å². The maximum absolute atomic E-state index is 15.5. The molecular weight excluding hydrogens is 525 g/mol. The van der Waals surface area contributed by atoms with Crippen LogP contribution in [0.3, 0.4) is 0 Å². The number of fused-ring (bicyclic) bond motifs is 2. The van der Waals surface area contributed by atoms with Gasteiger partial charge in [-0.25, -0.2) is 19.3 Å². The van der Waals surface area contributed by atoms with Crippen molar-refractivity contribution in [2.75, 3.05) is 55.8 Å². The third-order valence-corrected chi connectivity index (χ3v) is 9.31. The Morgan fingerprint density at radius 2 is 1.98 bits per heavy atom. The number of benzene rings is 1. The molecule has 4 N–H and O–H groups in total. The van der Waals surface area contributed by atoms with Crippen molar-refractivity contribution < 1.29 is 13.9 Å². The van der Waals surface area contributed by atoms with Gasteiger partial charge in [0.2, 0.25) is 11.8 Å². The molecule has 0 unspecified atom stereocenters. The molecule has 1 saturated carbocycles. The first-order valence-corrected chi connectivity index (χ1v) is 14.1. The fourth-order valence-corrected chi connectivity index (χ4v) is 6.77. The van der Waals surface area contributed by atoms with E-state index in [2.05, 4.69) is 42.5 Å². The number of nitrogens with one attached hydrogen (secondary N) is 2. The van der Waals surface area contributed by atoms with Crippen LogP contribution >= 0.6 is 0 Å². The van der Waals surface area contributed by atoms with E-state index in [4.69, 9.17) is 15.2 Å². The number of pyridine rings is 1. The quantitative estimate of drug-likeness (QED) is 0.311. The molecule has 8 rings (SSSR count). The second-order valence-corrected chi connectivity index (χ2v) is 12.3. The minimum atomic E-state index is -0.521. The smallest absolute Gasteiger partial charge is 0.237 e. The zero-order valence-corrected chi connectivity index (χ0v) is 23.1. The Morgan fingerprint density at radius 3 is 2.76 bits per heavy atom. The van der Waals surface area contributed by atoms with Crippen molar-refractivity contribution in [2.24, 2.45) is 5.41 Å². The molecule has 3 aliphatic heterocycles. The van der Waals surface area contributed by atoms with Gasteiger partial charge in [0, 0.05) is 54.7 Å². The monoisotopic (exact) mass is 557 g/mol. The minimum absolute atomic E-state index is 0.00509. The number of ether oxygens (including phenoxy) is 2. The molecule has 0 radical (unpaired) electrons. The summed E-state index contributed by atoms with van der Waals surface area (Å²) in [6.45, 7) is 9.40. The van der Waals surface area contributed by atoms with E-state index in [0.717, 1.165) is 56.1 Å². The highest BCUT2D eigenvalue weighted by molar-refractivity contribution is 5.96. The van der Waals surface area contributed by atoms with E-state index >= 15 is 4.39 Å². The number of hydrogen-bond donors (Lipinski definition) is 3. The lowest BCUT2D eigenvalue weighted by atomic mass is 9.59. The minimum Gasteiger partial charge on any atom is -0.474 e. The number of nitrogen functional groups attached to an aromatic ring is 1. The van der Waals surface area contributed by atoms with E-state index in [1.807, 2.05) is 17.8 Å². The van der Waals surface area contributed by atoms with Gasteiger partial charge >= 0.3 is 0 Å². The molecule has 3 aromatic heterocycles. The maximum atomic E-state index is 15.5. The summed E-state index contributed by atoms with van der Waals surface area (Å²) in [7, 11) is 0. The van der Waals surface area contributed by atoms with E-state index in [-0.39, 0.29) is 11.2 Å². The number of rotatable bonds is 5. The highest BCUT2D eigenvalue weighted by Crippen LogP contribution is 2.56. The van der Waals surface area contributed by atoms with Crippen LogP contribution in [0.25, 0.3) is 22.0 Å². The fourth-order valence-electron chi connectivity index (χ4n) is 6.77. The predicted octanol–water partition coefficient (Wildman–Crippen LogP) is 3.89. The molecule has 0 atom stereocenters. The lowest BCUT2D eigenvalue weighted by Gasteiger charge is -2.65. The first-order chi connectivity index (χ1) is 19.8. The van der Waals surface area contributed by atoms with Crippen LogP contribution in [0.2, 0.25) is 0 Å². The van der Waals surface area contributed by atoms with Crippen LogP contribution in [0.15, 0.2) is 30.9 Å². The number of anilines is 4. The molecule has 212 valence electrons. The van der Waals surface area contributed by atoms with Crippen molar-refractivity contribution in [2.45, 2.75) is 38.3 Å². The Labute approximate surface area is 236 Å². The van der Waals surface area contributed by atoms with E-state index in [1.165, 1.54) is 0 Å². The Hall–Kier alpha value is -4.03. The lowest BCUT2D eigenvalue weighted by molar-refractivity contribution is -0.210. The third-order valence-electron chi connectivity index (χ3n) is 9.31.